The molecule has 0 saturated carbocycles. The maximum atomic E-state index is 13.2. The van der Waals surface area contributed by atoms with E-state index in [1.54, 1.807) is 32.9 Å². The summed E-state index contributed by atoms with van der Waals surface area (Å²) < 4.78 is 89.7. The average Bonchev–Trinajstić information content (AvgIpc) is 2.75. The molecule has 6 nitrogen and oxygen atoms in total. The minimum Gasteiger partial charge on any atom is -0.481 e. The van der Waals surface area contributed by atoms with E-state index in [-0.39, 0.29) is 36.6 Å². The molecule has 2 aromatic rings. The van der Waals surface area contributed by atoms with E-state index in [1.807, 2.05) is 0 Å². The Labute approximate surface area is 198 Å². The van der Waals surface area contributed by atoms with Crippen LogP contribution in [0, 0.1) is 0 Å². The number of methoxy groups -OCH3 is 1. The van der Waals surface area contributed by atoms with Crippen molar-refractivity contribution in [3.05, 3.63) is 52.7 Å². The summed E-state index contributed by atoms with van der Waals surface area (Å²) >= 11 is 0. The summed E-state index contributed by atoms with van der Waals surface area (Å²) in [6, 6.07) is 3.63. The van der Waals surface area contributed by atoms with Crippen LogP contribution in [-0.2, 0) is 23.6 Å². The molecule has 1 aromatic carbocycles. The fraction of sp³-hybridized carbons (Fsp3) is 0.478. The number of hydrogen-bond donors (Lipinski definition) is 1. The van der Waals surface area contributed by atoms with Crippen molar-refractivity contribution in [2.45, 2.75) is 64.3 Å². The third-order valence-electron chi connectivity index (χ3n) is 5.43. The first-order chi connectivity index (χ1) is 16.2. The number of nitrogens with one attached hydrogen (secondary N) is 1. The summed E-state index contributed by atoms with van der Waals surface area (Å²) in [7, 11) is 1.40. The summed E-state index contributed by atoms with van der Waals surface area (Å²) in [6.07, 6.45) is -10.6. The lowest BCUT2D eigenvalue weighted by Crippen LogP contribution is -2.46. The number of hydrogen-bond acceptors (Lipinski definition) is 5. The molecule has 2 heterocycles. The predicted octanol–water partition coefficient (Wildman–Crippen LogP) is 6.10. The first kappa shape index (κ1) is 26.6. The molecular weight excluding hydrogens is 480 g/mol. The second-order valence-electron chi connectivity index (χ2n) is 8.49. The Morgan fingerprint density at radius 3 is 2.23 bits per heavy atom. The number of halogens is 6. The van der Waals surface area contributed by atoms with Gasteiger partial charge in [0.05, 0.1) is 41.8 Å². The number of nitrogens with zero attached hydrogens (tertiary/aromatic N) is 2. The van der Waals surface area contributed by atoms with Crippen LogP contribution in [0.25, 0.3) is 0 Å². The van der Waals surface area contributed by atoms with Gasteiger partial charge in [0.15, 0.2) is 0 Å². The normalized spacial score (nSPS) is 18.4. The fourth-order valence-corrected chi connectivity index (χ4v) is 3.90. The van der Waals surface area contributed by atoms with Gasteiger partial charge in [-0.2, -0.15) is 26.3 Å². The summed E-state index contributed by atoms with van der Waals surface area (Å²) in [5.41, 5.74) is -2.18. The third kappa shape index (κ3) is 6.16. The summed E-state index contributed by atoms with van der Waals surface area (Å²) in [5.74, 6) is 0.237. The van der Waals surface area contributed by atoms with Gasteiger partial charge in [-0.15, -0.1) is 0 Å². The predicted molar refractivity (Wildman–Crippen MR) is 115 cm³/mol. The molecule has 0 unspecified atom stereocenters. The van der Waals surface area contributed by atoms with Crippen LogP contribution >= 0.6 is 0 Å². The second-order valence-corrected chi connectivity index (χ2v) is 8.49. The Morgan fingerprint density at radius 2 is 1.71 bits per heavy atom. The molecule has 0 saturated heterocycles. The van der Waals surface area contributed by atoms with Crippen molar-refractivity contribution < 1.29 is 40.6 Å². The molecule has 0 aliphatic carbocycles. The van der Waals surface area contributed by atoms with Gasteiger partial charge in [0.2, 0.25) is 5.88 Å². The number of ether oxygens (including phenoxy) is 2. The molecule has 0 fully saturated rings. The Hall–Kier alpha value is -3.02. The van der Waals surface area contributed by atoms with Crippen LogP contribution < -0.4 is 15.0 Å². The lowest BCUT2D eigenvalue weighted by atomic mass is 9.95. The molecule has 0 spiro atoms. The molecule has 1 aromatic heterocycles. The van der Waals surface area contributed by atoms with Crippen molar-refractivity contribution in [1.29, 1.82) is 0 Å². The van der Waals surface area contributed by atoms with Gasteiger partial charge < -0.3 is 14.8 Å². The van der Waals surface area contributed by atoms with E-state index in [4.69, 9.17) is 9.47 Å². The van der Waals surface area contributed by atoms with Crippen LogP contribution in [-0.4, -0.2) is 30.3 Å². The number of aromatic nitrogens is 1. The first-order valence-corrected chi connectivity index (χ1v) is 10.8. The van der Waals surface area contributed by atoms with E-state index in [9.17, 15) is 31.1 Å². The summed E-state index contributed by atoms with van der Waals surface area (Å²) in [4.78, 5) is 18.5. The number of anilines is 1. The smallest absolute Gasteiger partial charge is 0.416 e. The zero-order valence-corrected chi connectivity index (χ0v) is 19.4. The van der Waals surface area contributed by atoms with Crippen LogP contribution in [0.2, 0.25) is 0 Å². The molecule has 0 bridgehead atoms. The van der Waals surface area contributed by atoms with Crippen molar-refractivity contribution >= 4 is 11.8 Å². The van der Waals surface area contributed by atoms with Crippen LogP contribution in [0.4, 0.5) is 36.8 Å². The maximum absolute atomic E-state index is 13.2. The monoisotopic (exact) mass is 505 g/mol. The number of fused-ring (bicyclic) bond motifs is 1. The van der Waals surface area contributed by atoms with E-state index in [0.29, 0.717) is 23.5 Å². The lowest BCUT2D eigenvalue weighted by molar-refractivity contribution is -0.143. The standard InChI is InChI=1S/C23H25F6N3O3/c1-12(2)35-21(33)32-13(3)7-17(20-18(32)5-6-19(31-20)34-4)30-11-14-8-15(22(24,25)26)10-16(9-14)23(27,28)29/h5-6,8-10,12-13,17,30H,7,11H2,1-4H3/t13-,17+/m1/s1. The van der Waals surface area contributed by atoms with Gasteiger partial charge in [0.1, 0.15) is 0 Å². The average molecular weight is 505 g/mol. The van der Waals surface area contributed by atoms with Crippen LogP contribution in [0.5, 0.6) is 5.88 Å². The SMILES string of the molecule is COc1ccc2c(n1)[C@@H](NCc1cc(C(F)(F)F)cc(C(F)(F)F)c1)C[C@@H](C)N2C(=O)OC(C)C. The molecule has 1 N–H and O–H groups in total. The van der Waals surface area contributed by atoms with E-state index in [2.05, 4.69) is 10.3 Å². The molecule has 2 atom stereocenters. The maximum Gasteiger partial charge on any atom is 0.416 e. The van der Waals surface area contributed by atoms with Crippen molar-refractivity contribution in [2.24, 2.45) is 0 Å². The third-order valence-corrected chi connectivity index (χ3v) is 5.43. The number of rotatable bonds is 5. The van der Waals surface area contributed by atoms with E-state index < -0.39 is 41.7 Å². The molecule has 1 amide bonds. The van der Waals surface area contributed by atoms with Crippen molar-refractivity contribution in [3.8, 4) is 5.88 Å². The van der Waals surface area contributed by atoms with Gasteiger partial charge in [0, 0.05) is 18.7 Å². The second kappa shape index (κ2) is 9.92. The van der Waals surface area contributed by atoms with Crippen LogP contribution in [0.1, 0.15) is 55.6 Å². The van der Waals surface area contributed by atoms with Gasteiger partial charge in [0.25, 0.3) is 0 Å². The van der Waals surface area contributed by atoms with Crippen molar-refractivity contribution in [2.75, 3.05) is 12.0 Å². The van der Waals surface area contributed by atoms with Crippen LogP contribution in [0.15, 0.2) is 30.3 Å². The molecule has 0 radical (unpaired) electrons. The summed E-state index contributed by atoms with van der Waals surface area (Å²) in [5, 5.41) is 3.00. The van der Waals surface area contributed by atoms with Crippen LogP contribution in [0.3, 0.4) is 0 Å². The fourth-order valence-electron chi connectivity index (χ4n) is 3.90. The molecule has 12 heteroatoms. The quantitative estimate of drug-likeness (QED) is 0.498. The molecule has 192 valence electrons. The Balaban J connectivity index is 1.94. The largest absolute Gasteiger partial charge is 0.481 e. The molecule has 1 aliphatic rings. The minimum atomic E-state index is -4.94. The topological polar surface area (TPSA) is 63.7 Å². The number of benzene rings is 1. The molecule has 35 heavy (non-hydrogen) atoms. The highest BCUT2D eigenvalue weighted by atomic mass is 19.4. The molecule has 3 rings (SSSR count). The Bertz CT molecular complexity index is 1040. The zero-order chi connectivity index (χ0) is 26.1. The number of alkyl halides is 6. The highest BCUT2D eigenvalue weighted by molar-refractivity contribution is 5.90. The Kier molecular flexibility index (Phi) is 7.53. The highest BCUT2D eigenvalue weighted by Gasteiger charge is 2.38. The van der Waals surface area contributed by atoms with Gasteiger partial charge in [-0.1, -0.05) is 0 Å². The zero-order valence-electron chi connectivity index (χ0n) is 19.4. The van der Waals surface area contributed by atoms with E-state index in [0.717, 1.165) is 0 Å². The van der Waals surface area contributed by atoms with Crippen molar-refractivity contribution in [3.63, 3.8) is 0 Å². The first-order valence-electron chi connectivity index (χ1n) is 10.8. The highest BCUT2D eigenvalue weighted by Crippen LogP contribution is 2.39. The molecular formula is C23H25F6N3O3. The van der Waals surface area contributed by atoms with E-state index >= 15 is 0 Å². The number of carbonyl (C=O) groups excluding carboxylic acids is 1. The van der Waals surface area contributed by atoms with Gasteiger partial charge in [-0.05, 0) is 57.0 Å². The summed E-state index contributed by atoms with van der Waals surface area (Å²) in [6.45, 7) is 4.87. The lowest BCUT2D eigenvalue weighted by Gasteiger charge is -2.38. The number of amides is 1. The van der Waals surface area contributed by atoms with Gasteiger partial charge in [-0.3, -0.25) is 4.90 Å². The Morgan fingerprint density at radius 1 is 1.11 bits per heavy atom. The minimum absolute atomic E-state index is 0.0894. The van der Waals surface area contributed by atoms with Gasteiger partial charge in [-0.25, -0.2) is 9.78 Å². The van der Waals surface area contributed by atoms with Gasteiger partial charge >= 0.3 is 18.4 Å². The van der Waals surface area contributed by atoms with Crippen molar-refractivity contribution in [1.82, 2.24) is 10.3 Å². The molecule has 1 aliphatic heterocycles. The van der Waals surface area contributed by atoms with E-state index in [1.165, 1.54) is 12.0 Å². The number of carbonyl (C=O) groups is 1. The number of pyridine rings is 1.